The Morgan fingerprint density at radius 2 is 2.30 bits per heavy atom. The quantitative estimate of drug-likeness (QED) is 0.832. The van der Waals surface area contributed by atoms with Crippen molar-refractivity contribution in [3.05, 3.63) is 18.7 Å². The molecule has 0 spiro atoms. The predicted molar refractivity (Wildman–Crippen MR) is 86.1 cm³/mol. The third-order valence-corrected chi connectivity index (χ3v) is 4.81. The van der Waals surface area contributed by atoms with Crippen molar-refractivity contribution in [1.82, 2.24) is 14.5 Å². The maximum absolute atomic E-state index is 12.6. The van der Waals surface area contributed by atoms with Crippen LogP contribution < -0.4 is 0 Å². The van der Waals surface area contributed by atoms with Crippen molar-refractivity contribution < 1.29 is 14.3 Å². The summed E-state index contributed by atoms with van der Waals surface area (Å²) in [4.78, 5) is 18.7. The topological polar surface area (TPSA) is 56.6 Å². The van der Waals surface area contributed by atoms with Gasteiger partial charge in [0.25, 0.3) is 5.91 Å². The Hall–Kier alpha value is -1.40. The van der Waals surface area contributed by atoms with Gasteiger partial charge in [-0.15, -0.1) is 0 Å². The minimum Gasteiger partial charge on any atom is -0.376 e. The normalized spacial score (nSPS) is 26.9. The number of aromatic nitrogens is 2. The van der Waals surface area contributed by atoms with Crippen molar-refractivity contribution >= 4 is 5.91 Å². The molecule has 0 saturated carbocycles. The van der Waals surface area contributed by atoms with Crippen LogP contribution in [0.25, 0.3) is 0 Å². The van der Waals surface area contributed by atoms with E-state index in [0.29, 0.717) is 12.6 Å². The molecule has 1 aromatic heterocycles. The van der Waals surface area contributed by atoms with E-state index >= 15 is 0 Å². The van der Waals surface area contributed by atoms with E-state index in [1.807, 2.05) is 24.3 Å². The number of likely N-dealkylation sites (tertiary alicyclic amines) is 1. The molecule has 23 heavy (non-hydrogen) atoms. The second-order valence-electron chi connectivity index (χ2n) is 6.55. The number of piperidine rings is 1. The monoisotopic (exact) mass is 321 g/mol. The van der Waals surface area contributed by atoms with Crippen LogP contribution >= 0.6 is 0 Å². The molecule has 0 bridgehead atoms. The maximum Gasteiger partial charge on any atom is 0.251 e. The number of carbonyl (C=O) groups is 1. The van der Waals surface area contributed by atoms with Crippen LogP contribution in [0.5, 0.6) is 0 Å². The summed E-state index contributed by atoms with van der Waals surface area (Å²) in [6.07, 6.45) is 10.8. The standard InChI is InChI=1S/C17H27N3O3/c1-14(23-12-16-6-2-3-10-22-16)17(21)19-8-4-5-15(11-19)20-9-7-18-13-20/h7,9,13-16H,2-6,8,10-12H2,1H3/t14-,15+,16+/m0/s1. The van der Waals surface area contributed by atoms with E-state index in [1.54, 1.807) is 6.20 Å². The Kier molecular flexibility index (Phi) is 5.67. The molecule has 2 saturated heterocycles. The zero-order valence-electron chi connectivity index (χ0n) is 13.9. The Morgan fingerprint density at radius 1 is 1.39 bits per heavy atom. The van der Waals surface area contributed by atoms with Gasteiger partial charge in [0.05, 0.1) is 25.1 Å². The van der Waals surface area contributed by atoms with E-state index in [9.17, 15) is 4.79 Å². The van der Waals surface area contributed by atoms with Gasteiger partial charge >= 0.3 is 0 Å². The van der Waals surface area contributed by atoms with Crippen LogP contribution in [-0.2, 0) is 14.3 Å². The molecule has 2 fully saturated rings. The molecule has 0 N–H and O–H groups in total. The summed E-state index contributed by atoms with van der Waals surface area (Å²) in [6, 6.07) is 0.323. The van der Waals surface area contributed by atoms with Crippen molar-refractivity contribution in [2.75, 3.05) is 26.3 Å². The van der Waals surface area contributed by atoms with Crippen molar-refractivity contribution in [3.8, 4) is 0 Å². The summed E-state index contributed by atoms with van der Waals surface area (Å²) in [6.45, 7) is 4.74. The molecule has 1 aromatic rings. The van der Waals surface area contributed by atoms with Crippen LogP contribution in [0.1, 0.15) is 45.1 Å². The number of imidazole rings is 1. The number of hydrogen-bond donors (Lipinski definition) is 0. The van der Waals surface area contributed by atoms with Crippen LogP contribution in [-0.4, -0.2) is 58.9 Å². The number of rotatable bonds is 5. The van der Waals surface area contributed by atoms with Gasteiger partial charge in [0, 0.05) is 32.1 Å². The molecule has 0 aromatic carbocycles. The molecule has 6 nitrogen and oxygen atoms in total. The van der Waals surface area contributed by atoms with Gasteiger partial charge in [-0.25, -0.2) is 4.98 Å². The third kappa shape index (κ3) is 4.32. The van der Waals surface area contributed by atoms with Gasteiger partial charge in [-0.05, 0) is 39.0 Å². The minimum atomic E-state index is -0.401. The van der Waals surface area contributed by atoms with E-state index in [0.717, 1.165) is 45.4 Å². The molecule has 2 aliphatic rings. The lowest BCUT2D eigenvalue weighted by Gasteiger charge is -2.35. The fourth-order valence-electron chi connectivity index (χ4n) is 3.40. The lowest BCUT2D eigenvalue weighted by molar-refractivity contribution is -0.147. The zero-order valence-corrected chi connectivity index (χ0v) is 13.9. The van der Waals surface area contributed by atoms with Crippen LogP contribution in [0, 0.1) is 0 Å². The zero-order chi connectivity index (χ0) is 16.1. The molecule has 3 heterocycles. The van der Waals surface area contributed by atoms with Crippen molar-refractivity contribution in [2.45, 2.75) is 57.3 Å². The fourth-order valence-corrected chi connectivity index (χ4v) is 3.40. The van der Waals surface area contributed by atoms with E-state index in [1.165, 1.54) is 6.42 Å². The van der Waals surface area contributed by atoms with Crippen LogP contribution in [0.3, 0.4) is 0 Å². The lowest BCUT2D eigenvalue weighted by atomic mass is 10.0. The Morgan fingerprint density at radius 3 is 3.04 bits per heavy atom. The number of nitrogens with zero attached hydrogens (tertiary/aromatic N) is 3. The summed E-state index contributed by atoms with van der Waals surface area (Å²) in [5.74, 6) is 0.0885. The van der Waals surface area contributed by atoms with Crippen LogP contribution in [0.15, 0.2) is 18.7 Å². The van der Waals surface area contributed by atoms with Gasteiger partial charge in [-0.1, -0.05) is 0 Å². The van der Waals surface area contributed by atoms with Gasteiger partial charge in [-0.2, -0.15) is 0 Å². The molecule has 6 heteroatoms. The molecule has 1 amide bonds. The maximum atomic E-state index is 12.6. The molecule has 0 aliphatic carbocycles. The molecule has 3 atom stereocenters. The van der Waals surface area contributed by atoms with Gasteiger partial charge in [0.1, 0.15) is 6.10 Å². The van der Waals surface area contributed by atoms with Gasteiger partial charge in [-0.3, -0.25) is 4.79 Å². The number of carbonyl (C=O) groups excluding carboxylic acids is 1. The first-order valence-electron chi connectivity index (χ1n) is 8.73. The predicted octanol–water partition coefficient (Wildman–Crippen LogP) is 2.02. The summed E-state index contributed by atoms with van der Waals surface area (Å²) >= 11 is 0. The van der Waals surface area contributed by atoms with Gasteiger partial charge < -0.3 is 18.9 Å². The molecular weight excluding hydrogens is 294 g/mol. The van der Waals surface area contributed by atoms with Crippen molar-refractivity contribution in [2.24, 2.45) is 0 Å². The number of ether oxygens (including phenoxy) is 2. The molecule has 0 radical (unpaired) electrons. The first kappa shape index (κ1) is 16.5. The summed E-state index contributed by atoms with van der Waals surface area (Å²) in [5, 5.41) is 0. The highest BCUT2D eigenvalue weighted by atomic mass is 16.5. The smallest absolute Gasteiger partial charge is 0.251 e. The first-order chi connectivity index (χ1) is 11.2. The highest BCUT2D eigenvalue weighted by Crippen LogP contribution is 2.22. The van der Waals surface area contributed by atoms with Crippen molar-refractivity contribution in [3.63, 3.8) is 0 Å². The molecule has 128 valence electrons. The second-order valence-corrected chi connectivity index (χ2v) is 6.55. The molecule has 0 unspecified atom stereocenters. The number of hydrogen-bond acceptors (Lipinski definition) is 4. The molecular formula is C17H27N3O3. The lowest BCUT2D eigenvalue weighted by Crippen LogP contribution is -2.45. The van der Waals surface area contributed by atoms with Crippen LogP contribution in [0.4, 0.5) is 0 Å². The highest BCUT2D eigenvalue weighted by Gasteiger charge is 2.28. The van der Waals surface area contributed by atoms with E-state index in [4.69, 9.17) is 9.47 Å². The SMILES string of the molecule is C[C@H](OC[C@H]1CCCCO1)C(=O)N1CCC[C@@H](n2ccnc2)C1. The average Bonchev–Trinajstić information content (AvgIpc) is 3.15. The van der Waals surface area contributed by atoms with Crippen LogP contribution in [0.2, 0.25) is 0 Å². The first-order valence-corrected chi connectivity index (χ1v) is 8.73. The summed E-state index contributed by atoms with van der Waals surface area (Å²) in [7, 11) is 0. The summed E-state index contributed by atoms with van der Waals surface area (Å²) < 4.78 is 13.5. The third-order valence-electron chi connectivity index (χ3n) is 4.81. The van der Waals surface area contributed by atoms with Gasteiger partial charge in [0.15, 0.2) is 0 Å². The largest absolute Gasteiger partial charge is 0.376 e. The van der Waals surface area contributed by atoms with E-state index < -0.39 is 6.10 Å². The average molecular weight is 321 g/mol. The Bertz CT molecular complexity index is 485. The number of amides is 1. The fraction of sp³-hybridized carbons (Fsp3) is 0.765. The summed E-state index contributed by atoms with van der Waals surface area (Å²) in [5.41, 5.74) is 0. The van der Waals surface area contributed by atoms with E-state index in [2.05, 4.69) is 9.55 Å². The van der Waals surface area contributed by atoms with E-state index in [-0.39, 0.29) is 12.0 Å². The second kappa shape index (κ2) is 7.93. The Labute approximate surface area is 137 Å². The molecule has 3 rings (SSSR count). The van der Waals surface area contributed by atoms with Gasteiger partial charge in [0.2, 0.25) is 0 Å². The minimum absolute atomic E-state index is 0.0885. The van der Waals surface area contributed by atoms with Crippen molar-refractivity contribution in [1.29, 1.82) is 0 Å². The highest BCUT2D eigenvalue weighted by molar-refractivity contribution is 5.80. The molecule has 2 aliphatic heterocycles. The Balaban J connectivity index is 1.48.